The number of ether oxygens (including phenoxy) is 2. The molecule has 0 spiro atoms. The number of carboxylic acid groups (broad SMARTS) is 1. The number of nitrogens with zero attached hydrogens (tertiary/aromatic N) is 1. The minimum absolute atomic E-state index is 0.111. The van der Waals surface area contributed by atoms with Crippen molar-refractivity contribution in [3.05, 3.63) is 35.1 Å². The largest absolute Gasteiger partial charge is 0.478 e. The Labute approximate surface area is 182 Å². The van der Waals surface area contributed by atoms with E-state index in [0.29, 0.717) is 25.1 Å². The molecule has 0 saturated carbocycles. The Bertz CT molecular complexity index is 839. The van der Waals surface area contributed by atoms with Gasteiger partial charge in [0.25, 0.3) is 0 Å². The van der Waals surface area contributed by atoms with Crippen LogP contribution >= 0.6 is 0 Å². The van der Waals surface area contributed by atoms with E-state index in [1.165, 1.54) is 12.1 Å². The zero-order valence-electron chi connectivity index (χ0n) is 19.0. The zero-order chi connectivity index (χ0) is 23.6. The molecule has 0 radical (unpaired) electrons. The van der Waals surface area contributed by atoms with Crippen LogP contribution in [-0.4, -0.2) is 52.3 Å². The number of benzene rings is 1. The number of hydrogen-bond donors (Lipinski definition) is 1. The van der Waals surface area contributed by atoms with Gasteiger partial charge in [-0.2, -0.15) is 0 Å². The molecule has 1 amide bonds. The molecule has 0 unspecified atom stereocenters. The predicted molar refractivity (Wildman–Crippen MR) is 112 cm³/mol. The van der Waals surface area contributed by atoms with Crippen molar-refractivity contribution in [1.29, 1.82) is 0 Å². The van der Waals surface area contributed by atoms with Gasteiger partial charge in [0.05, 0.1) is 11.5 Å². The third-order valence-corrected chi connectivity index (χ3v) is 4.82. The molecule has 2 rings (SSSR count). The van der Waals surface area contributed by atoms with Crippen molar-refractivity contribution in [3.63, 3.8) is 0 Å². The average molecular weight is 438 g/mol. The molecule has 1 aliphatic rings. The third-order valence-electron chi connectivity index (χ3n) is 4.82. The smallest absolute Gasteiger partial charge is 0.410 e. The molecule has 1 aromatic rings. The maximum Gasteiger partial charge on any atom is 0.410 e. The van der Waals surface area contributed by atoms with Gasteiger partial charge in [-0.25, -0.2) is 14.0 Å². The molecule has 0 bridgehead atoms. The average Bonchev–Trinajstić information content (AvgIpc) is 3.06. The van der Waals surface area contributed by atoms with Crippen molar-refractivity contribution < 1.29 is 33.4 Å². The molecule has 2 atom stereocenters. The SMILES string of the molecule is CC(C)(C)OC(=O)[C@@H](Cc1cc(F)cc(C(=O)O)c1)[C@H]1CCN(C(=O)OC(C)(C)C)C1. The summed E-state index contributed by atoms with van der Waals surface area (Å²) >= 11 is 0. The summed E-state index contributed by atoms with van der Waals surface area (Å²) < 4.78 is 25.0. The Hall–Kier alpha value is -2.64. The van der Waals surface area contributed by atoms with Gasteiger partial charge < -0.3 is 19.5 Å². The second-order valence-corrected chi connectivity index (χ2v) is 9.97. The van der Waals surface area contributed by atoms with E-state index in [-0.39, 0.29) is 17.9 Å². The summed E-state index contributed by atoms with van der Waals surface area (Å²) in [4.78, 5) is 38.3. The first-order valence-corrected chi connectivity index (χ1v) is 10.4. The van der Waals surface area contributed by atoms with E-state index in [1.54, 1.807) is 46.4 Å². The monoisotopic (exact) mass is 437 g/mol. The summed E-state index contributed by atoms with van der Waals surface area (Å²) in [6, 6.07) is 3.53. The molecule has 7 nitrogen and oxygen atoms in total. The van der Waals surface area contributed by atoms with E-state index in [1.807, 2.05) is 0 Å². The number of halogens is 1. The molecule has 172 valence electrons. The highest BCUT2D eigenvalue weighted by Gasteiger charge is 2.39. The Morgan fingerprint density at radius 2 is 1.71 bits per heavy atom. The summed E-state index contributed by atoms with van der Waals surface area (Å²) in [5.74, 6) is -3.26. The molecule has 1 aliphatic heterocycles. The maximum absolute atomic E-state index is 14.0. The molecule has 0 aliphatic carbocycles. The van der Waals surface area contributed by atoms with E-state index in [0.717, 1.165) is 6.07 Å². The molecule has 0 aromatic heterocycles. The van der Waals surface area contributed by atoms with Crippen molar-refractivity contribution in [2.24, 2.45) is 11.8 Å². The number of amides is 1. The molecule has 1 heterocycles. The van der Waals surface area contributed by atoms with E-state index in [2.05, 4.69) is 0 Å². The summed E-state index contributed by atoms with van der Waals surface area (Å²) in [6.07, 6.45) is 0.223. The van der Waals surface area contributed by atoms with E-state index in [9.17, 15) is 23.9 Å². The standard InChI is InChI=1S/C23H32FNO6/c1-22(2,3)30-20(28)18(11-14-9-16(19(26)27)12-17(24)10-14)15-7-8-25(13-15)21(29)31-23(4,5)6/h9-10,12,15,18H,7-8,11,13H2,1-6H3,(H,26,27)/t15-,18-/m0/s1. The number of rotatable bonds is 5. The third kappa shape index (κ3) is 7.52. The topological polar surface area (TPSA) is 93.1 Å². The lowest BCUT2D eigenvalue weighted by Crippen LogP contribution is -2.38. The van der Waals surface area contributed by atoms with Crippen molar-refractivity contribution in [2.75, 3.05) is 13.1 Å². The molecule has 31 heavy (non-hydrogen) atoms. The molecular formula is C23H32FNO6. The van der Waals surface area contributed by atoms with E-state index < -0.39 is 41.0 Å². The van der Waals surface area contributed by atoms with Crippen LogP contribution in [0.4, 0.5) is 9.18 Å². The lowest BCUT2D eigenvalue weighted by molar-refractivity contribution is -0.162. The number of carbonyl (C=O) groups is 3. The normalized spacial score (nSPS) is 17.9. The van der Waals surface area contributed by atoms with Crippen LogP contribution in [0, 0.1) is 17.7 Å². The fourth-order valence-corrected chi connectivity index (χ4v) is 3.57. The van der Waals surface area contributed by atoms with Crippen molar-refractivity contribution in [2.45, 2.75) is 65.6 Å². The van der Waals surface area contributed by atoms with Crippen LogP contribution in [0.25, 0.3) is 0 Å². The first-order chi connectivity index (χ1) is 14.1. The fraction of sp³-hybridized carbons (Fsp3) is 0.609. The summed E-state index contributed by atoms with van der Waals surface area (Å²) in [7, 11) is 0. The quantitative estimate of drug-likeness (QED) is 0.691. The van der Waals surface area contributed by atoms with Gasteiger partial charge in [-0.3, -0.25) is 4.79 Å². The Balaban J connectivity index is 2.25. The van der Waals surface area contributed by atoms with Crippen molar-refractivity contribution in [1.82, 2.24) is 4.90 Å². The highest BCUT2D eigenvalue weighted by molar-refractivity contribution is 5.87. The highest BCUT2D eigenvalue weighted by atomic mass is 19.1. The van der Waals surface area contributed by atoms with Gasteiger partial charge in [0.15, 0.2) is 0 Å². The maximum atomic E-state index is 14.0. The Morgan fingerprint density at radius 1 is 1.10 bits per heavy atom. The first kappa shape index (κ1) is 24.6. The second-order valence-electron chi connectivity index (χ2n) is 9.97. The molecular weight excluding hydrogens is 405 g/mol. The molecule has 1 fully saturated rings. The Morgan fingerprint density at radius 3 is 2.26 bits per heavy atom. The number of likely N-dealkylation sites (tertiary alicyclic amines) is 1. The van der Waals surface area contributed by atoms with Gasteiger partial charge in [0, 0.05) is 13.1 Å². The number of aromatic carboxylic acids is 1. The van der Waals surface area contributed by atoms with E-state index >= 15 is 0 Å². The highest BCUT2D eigenvalue weighted by Crippen LogP contribution is 2.31. The van der Waals surface area contributed by atoms with E-state index in [4.69, 9.17) is 9.47 Å². The van der Waals surface area contributed by atoms with Crippen molar-refractivity contribution >= 4 is 18.0 Å². The van der Waals surface area contributed by atoms with Crippen LogP contribution < -0.4 is 0 Å². The second kappa shape index (κ2) is 9.24. The summed E-state index contributed by atoms with van der Waals surface area (Å²) in [5.41, 5.74) is -1.13. The summed E-state index contributed by atoms with van der Waals surface area (Å²) in [5, 5.41) is 9.21. The Kier molecular flexibility index (Phi) is 7.34. The number of carbonyl (C=O) groups excluding carboxylic acids is 2. The number of hydrogen-bond acceptors (Lipinski definition) is 5. The zero-order valence-corrected chi connectivity index (χ0v) is 19.0. The van der Waals surface area contributed by atoms with Crippen LogP contribution in [0.1, 0.15) is 63.9 Å². The minimum atomic E-state index is -1.24. The molecule has 1 saturated heterocycles. The van der Waals surface area contributed by atoms with Gasteiger partial charge in [0.1, 0.15) is 17.0 Å². The van der Waals surface area contributed by atoms with Crippen LogP contribution in [0.2, 0.25) is 0 Å². The lowest BCUT2D eigenvalue weighted by atomic mass is 9.85. The van der Waals surface area contributed by atoms with Crippen LogP contribution in [0.5, 0.6) is 0 Å². The van der Waals surface area contributed by atoms with Gasteiger partial charge in [-0.15, -0.1) is 0 Å². The molecule has 1 N–H and O–H groups in total. The van der Waals surface area contributed by atoms with Gasteiger partial charge in [-0.1, -0.05) is 0 Å². The first-order valence-electron chi connectivity index (χ1n) is 10.4. The van der Waals surface area contributed by atoms with Gasteiger partial charge >= 0.3 is 18.0 Å². The molecule has 8 heteroatoms. The van der Waals surface area contributed by atoms with Gasteiger partial charge in [-0.05, 0) is 84.1 Å². The van der Waals surface area contributed by atoms with Gasteiger partial charge in [0.2, 0.25) is 0 Å². The number of esters is 1. The minimum Gasteiger partial charge on any atom is -0.478 e. The lowest BCUT2D eigenvalue weighted by Gasteiger charge is -2.28. The van der Waals surface area contributed by atoms with Crippen LogP contribution in [0.15, 0.2) is 18.2 Å². The predicted octanol–water partition coefficient (Wildman–Crippen LogP) is 4.28. The fourth-order valence-electron chi connectivity index (χ4n) is 3.57. The number of carboxylic acids is 1. The van der Waals surface area contributed by atoms with Crippen molar-refractivity contribution in [3.8, 4) is 0 Å². The summed E-state index contributed by atoms with van der Waals surface area (Å²) in [6.45, 7) is 11.4. The molecule has 1 aromatic carbocycles. The van der Waals surface area contributed by atoms with Crippen LogP contribution in [-0.2, 0) is 20.7 Å². The van der Waals surface area contributed by atoms with Crippen LogP contribution in [0.3, 0.4) is 0 Å².